The molecule has 1 aliphatic carbocycles. The van der Waals surface area contributed by atoms with Gasteiger partial charge in [0, 0.05) is 49.0 Å². The van der Waals surface area contributed by atoms with Crippen molar-refractivity contribution in [1.29, 1.82) is 0 Å². The van der Waals surface area contributed by atoms with Crippen LogP contribution in [0.2, 0.25) is 0 Å². The number of halogens is 1. The second-order valence-corrected chi connectivity index (χ2v) is 7.63. The third-order valence-corrected chi connectivity index (χ3v) is 5.59. The van der Waals surface area contributed by atoms with Gasteiger partial charge in [-0.2, -0.15) is 0 Å². The average molecular weight is 348 g/mol. The second-order valence-electron chi connectivity index (χ2n) is 6.60. The van der Waals surface area contributed by atoms with Gasteiger partial charge in [-0.3, -0.25) is 9.69 Å². The monoisotopic (exact) mass is 348 g/mol. The van der Waals surface area contributed by atoms with Crippen molar-refractivity contribution >= 4 is 17.2 Å². The summed E-state index contributed by atoms with van der Waals surface area (Å²) in [6.07, 6.45) is 5.24. The third-order valence-electron chi connectivity index (χ3n) is 4.73. The van der Waals surface area contributed by atoms with Crippen LogP contribution in [0.1, 0.15) is 30.2 Å². The van der Waals surface area contributed by atoms with Gasteiger partial charge in [0.15, 0.2) is 5.82 Å². The Bertz CT molecular complexity index is 743. The van der Waals surface area contributed by atoms with Crippen LogP contribution in [0.3, 0.4) is 0 Å². The van der Waals surface area contributed by atoms with Crippen molar-refractivity contribution in [3.63, 3.8) is 0 Å². The number of rotatable bonds is 6. The highest BCUT2D eigenvalue weighted by Crippen LogP contribution is 2.33. The van der Waals surface area contributed by atoms with Crippen LogP contribution in [0.15, 0.2) is 34.7 Å². The van der Waals surface area contributed by atoms with Crippen LogP contribution in [-0.4, -0.2) is 39.8 Å². The molecule has 1 saturated carbocycles. The number of alkyl halides is 1. The van der Waals surface area contributed by atoms with Gasteiger partial charge in [0.25, 0.3) is 5.56 Å². The zero-order valence-electron chi connectivity index (χ0n) is 13.4. The van der Waals surface area contributed by atoms with Crippen LogP contribution < -0.4 is 10.9 Å². The standard InChI is InChI=1S/C17H21FN4OS/c18-12-8-14(21(10-12)11-15-2-1-7-24-15)9-20-16-17(23)22(6-5-19-16)13-3-4-13/h1-2,5-7,12-14H,3-4,8-11H2,(H,19,20)/t12-,14-/m0/s1. The molecule has 2 fully saturated rings. The fourth-order valence-corrected chi connectivity index (χ4v) is 4.06. The highest BCUT2D eigenvalue weighted by atomic mass is 32.1. The van der Waals surface area contributed by atoms with Gasteiger partial charge in [-0.1, -0.05) is 6.07 Å². The van der Waals surface area contributed by atoms with Crippen LogP contribution in [-0.2, 0) is 6.54 Å². The zero-order chi connectivity index (χ0) is 16.5. The molecule has 1 saturated heterocycles. The van der Waals surface area contributed by atoms with Gasteiger partial charge in [-0.05, 0) is 30.7 Å². The molecule has 2 aromatic rings. The Hall–Kier alpha value is -1.73. The Morgan fingerprint density at radius 2 is 2.29 bits per heavy atom. The van der Waals surface area contributed by atoms with Gasteiger partial charge in [-0.25, -0.2) is 9.37 Å². The minimum absolute atomic E-state index is 0.0698. The summed E-state index contributed by atoms with van der Waals surface area (Å²) < 4.78 is 15.6. The summed E-state index contributed by atoms with van der Waals surface area (Å²) >= 11 is 1.69. The van der Waals surface area contributed by atoms with Crippen LogP contribution in [0.25, 0.3) is 0 Å². The van der Waals surface area contributed by atoms with Crippen LogP contribution >= 0.6 is 11.3 Å². The van der Waals surface area contributed by atoms with Crippen molar-refractivity contribution in [2.75, 3.05) is 18.4 Å². The van der Waals surface area contributed by atoms with E-state index >= 15 is 0 Å². The molecule has 0 aromatic carbocycles. The van der Waals surface area contributed by atoms with Crippen molar-refractivity contribution < 1.29 is 4.39 Å². The summed E-state index contributed by atoms with van der Waals surface area (Å²) in [5.74, 6) is 0.378. The minimum atomic E-state index is -0.802. The maximum absolute atomic E-state index is 13.9. The van der Waals surface area contributed by atoms with Crippen molar-refractivity contribution in [3.8, 4) is 0 Å². The van der Waals surface area contributed by atoms with Crippen LogP contribution in [0, 0.1) is 0 Å². The fourth-order valence-electron chi connectivity index (χ4n) is 3.33. The molecular weight excluding hydrogens is 327 g/mol. The van der Waals surface area contributed by atoms with Gasteiger partial charge in [0.1, 0.15) is 6.17 Å². The van der Waals surface area contributed by atoms with Gasteiger partial charge < -0.3 is 9.88 Å². The zero-order valence-corrected chi connectivity index (χ0v) is 14.2. The molecule has 0 radical (unpaired) electrons. The van der Waals surface area contributed by atoms with Crippen LogP contribution in [0.5, 0.6) is 0 Å². The lowest BCUT2D eigenvalue weighted by molar-refractivity contribution is 0.243. The normalized spacial score (nSPS) is 24.4. The van der Waals surface area contributed by atoms with Crippen molar-refractivity contribution in [1.82, 2.24) is 14.5 Å². The molecule has 3 heterocycles. The number of hydrogen-bond donors (Lipinski definition) is 1. The van der Waals surface area contributed by atoms with Gasteiger partial charge in [0.2, 0.25) is 0 Å². The van der Waals surface area contributed by atoms with E-state index in [9.17, 15) is 9.18 Å². The molecule has 2 aliphatic rings. The average Bonchev–Trinajstić information content (AvgIpc) is 3.17. The Balaban J connectivity index is 1.42. The summed E-state index contributed by atoms with van der Waals surface area (Å²) in [4.78, 5) is 20.0. The first kappa shape index (κ1) is 15.8. The Morgan fingerprint density at radius 1 is 1.42 bits per heavy atom. The van der Waals surface area contributed by atoms with E-state index in [1.165, 1.54) is 4.88 Å². The molecule has 0 spiro atoms. The number of nitrogens with zero attached hydrogens (tertiary/aromatic N) is 3. The topological polar surface area (TPSA) is 50.2 Å². The summed E-state index contributed by atoms with van der Waals surface area (Å²) in [5.41, 5.74) is -0.0698. The SMILES string of the molecule is O=c1c(NC[C@@H]2C[C@H](F)CN2Cc2cccs2)nccn1C1CC1. The molecule has 5 nitrogen and oxygen atoms in total. The van der Waals surface area contributed by atoms with Gasteiger partial charge >= 0.3 is 0 Å². The first-order valence-electron chi connectivity index (χ1n) is 8.42. The fraction of sp³-hybridized carbons (Fsp3) is 0.529. The van der Waals surface area contributed by atoms with Crippen LogP contribution in [0.4, 0.5) is 10.2 Å². The Labute approximate surface area is 144 Å². The Morgan fingerprint density at radius 3 is 3.04 bits per heavy atom. The predicted molar refractivity (Wildman–Crippen MR) is 93.3 cm³/mol. The summed E-state index contributed by atoms with van der Waals surface area (Å²) in [6, 6.07) is 4.51. The predicted octanol–water partition coefficient (Wildman–Crippen LogP) is 2.66. The third kappa shape index (κ3) is 3.37. The number of aromatic nitrogens is 2. The quantitative estimate of drug-likeness (QED) is 0.872. The summed E-state index contributed by atoms with van der Waals surface area (Å²) in [5, 5.41) is 5.20. The highest BCUT2D eigenvalue weighted by Gasteiger charge is 2.32. The molecule has 0 unspecified atom stereocenters. The van der Waals surface area contributed by atoms with Crippen molar-refractivity contribution in [2.45, 2.75) is 44.1 Å². The molecule has 7 heteroatoms. The van der Waals surface area contributed by atoms with E-state index in [1.54, 1.807) is 28.3 Å². The maximum Gasteiger partial charge on any atom is 0.293 e. The highest BCUT2D eigenvalue weighted by molar-refractivity contribution is 7.09. The summed E-state index contributed by atoms with van der Waals surface area (Å²) in [6.45, 7) is 1.76. The molecule has 0 bridgehead atoms. The van der Waals surface area contributed by atoms with Gasteiger partial charge in [0.05, 0.1) is 0 Å². The van der Waals surface area contributed by atoms with Crippen molar-refractivity contribution in [3.05, 3.63) is 45.1 Å². The minimum Gasteiger partial charge on any atom is -0.364 e. The first-order valence-corrected chi connectivity index (χ1v) is 9.30. The maximum atomic E-state index is 13.9. The first-order chi connectivity index (χ1) is 11.7. The molecule has 1 N–H and O–H groups in total. The molecule has 4 rings (SSSR count). The molecule has 2 atom stereocenters. The smallest absolute Gasteiger partial charge is 0.293 e. The molecule has 0 amide bonds. The molecule has 1 aliphatic heterocycles. The van der Waals surface area contributed by atoms with E-state index in [1.807, 2.05) is 11.4 Å². The van der Waals surface area contributed by atoms with E-state index in [-0.39, 0.29) is 11.6 Å². The summed E-state index contributed by atoms with van der Waals surface area (Å²) in [7, 11) is 0. The number of likely N-dealkylation sites (tertiary alicyclic amines) is 1. The number of thiophene rings is 1. The molecule has 128 valence electrons. The molecular formula is C17H21FN4OS. The van der Waals surface area contributed by atoms with Crippen molar-refractivity contribution in [2.24, 2.45) is 0 Å². The van der Waals surface area contributed by atoms with Gasteiger partial charge in [-0.15, -0.1) is 11.3 Å². The van der Waals surface area contributed by atoms with E-state index in [2.05, 4.69) is 21.3 Å². The lowest BCUT2D eigenvalue weighted by Crippen LogP contribution is -2.36. The van der Waals surface area contributed by atoms with E-state index in [4.69, 9.17) is 0 Å². The largest absolute Gasteiger partial charge is 0.364 e. The lowest BCUT2D eigenvalue weighted by atomic mass is 10.2. The number of hydrogen-bond acceptors (Lipinski definition) is 5. The van der Waals surface area contributed by atoms with E-state index < -0.39 is 6.17 Å². The second kappa shape index (κ2) is 6.64. The molecule has 2 aromatic heterocycles. The number of anilines is 1. The molecule has 24 heavy (non-hydrogen) atoms. The van der Waals surface area contributed by atoms with E-state index in [0.717, 1.165) is 19.4 Å². The Kier molecular flexibility index (Phi) is 4.37. The lowest BCUT2D eigenvalue weighted by Gasteiger charge is -2.23. The van der Waals surface area contributed by atoms with E-state index in [0.29, 0.717) is 31.4 Å². The number of nitrogens with one attached hydrogen (secondary N) is 1.